The molecule has 13 heteroatoms. The Morgan fingerprint density at radius 1 is 0.933 bits per heavy atom. The van der Waals surface area contributed by atoms with Crippen LogP contribution in [-0.4, -0.2) is 47.5 Å². The predicted octanol–water partition coefficient (Wildman–Crippen LogP) is 1.83. The molecule has 9 N–H and O–H groups in total. The molecule has 0 spiro atoms. The van der Waals surface area contributed by atoms with Gasteiger partial charge in [0.2, 0.25) is 0 Å². The molecule has 0 heterocycles. The number of halogens is 1. The Morgan fingerprint density at radius 2 is 1.47 bits per heavy atom. The molecular formula is C17H20ClN3O8S. The third kappa shape index (κ3) is 8.43. The maximum Gasteiger partial charge on any atom is 0.335 e. The molecule has 0 atom stereocenters. The zero-order valence-corrected chi connectivity index (χ0v) is 17.0. The molecule has 2 aromatic carbocycles. The first-order chi connectivity index (χ1) is 13.8. The molecule has 2 aromatic rings. The molecule has 0 unspecified atom stereocenters. The van der Waals surface area contributed by atoms with Gasteiger partial charge in [-0.2, -0.15) is 8.42 Å². The molecule has 0 aliphatic rings. The van der Waals surface area contributed by atoms with Crippen LogP contribution in [0.5, 0.6) is 5.75 Å². The van der Waals surface area contributed by atoms with E-state index in [1.165, 1.54) is 24.3 Å². The fourth-order valence-corrected chi connectivity index (χ4v) is 2.69. The summed E-state index contributed by atoms with van der Waals surface area (Å²) in [6.45, 7) is 0.102. The highest BCUT2D eigenvalue weighted by Crippen LogP contribution is 2.30. The maximum absolute atomic E-state index is 10.5. The lowest BCUT2D eigenvalue weighted by molar-refractivity contribution is 0.0696. The van der Waals surface area contributed by atoms with Crippen LogP contribution in [-0.2, 0) is 10.1 Å². The molecule has 2 rings (SSSR count). The molecule has 0 saturated heterocycles. The first kappa shape index (κ1) is 24.8. The summed E-state index contributed by atoms with van der Waals surface area (Å²) in [5, 5.41) is 17.5. The number of ether oxygens (including phenoxy) is 1. The topological polar surface area (TPSA) is 216 Å². The monoisotopic (exact) mass is 461 g/mol. The van der Waals surface area contributed by atoms with Crippen LogP contribution in [0.15, 0.2) is 30.3 Å². The van der Waals surface area contributed by atoms with Crippen LogP contribution < -0.4 is 21.9 Å². The number of carbonyl (C=O) groups is 2. The second-order valence-electron chi connectivity index (χ2n) is 5.85. The molecule has 30 heavy (non-hydrogen) atoms. The largest absolute Gasteiger partial charge is 0.491 e. The molecule has 0 saturated carbocycles. The fourth-order valence-electron chi connectivity index (χ4n) is 2.03. The van der Waals surface area contributed by atoms with Crippen molar-refractivity contribution in [2.45, 2.75) is 6.42 Å². The number of carboxylic acids is 2. The van der Waals surface area contributed by atoms with Gasteiger partial charge in [0.05, 0.1) is 39.9 Å². The van der Waals surface area contributed by atoms with E-state index in [1.54, 1.807) is 0 Å². The van der Waals surface area contributed by atoms with Gasteiger partial charge in [-0.15, -0.1) is 0 Å². The molecule has 0 amide bonds. The van der Waals surface area contributed by atoms with Gasteiger partial charge in [-0.1, -0.05) is 11.6 Å². The highest BCUT2D eigenvalue weighted by molar-refractivity contribution is 7.85. The average molecular weight is 462 g/mol. The minimum Gasteiger partial charge on any atom is -0.491 e. The van der Waals surface area contributed by atoms with Crippen LogP contribution in [0.25, 0.3) is 0 Å². The molecule has 0 aliphatic heterocycles. The van der Waals surface area contributed by atoms with Gasteiger partial charge in [0, 0.05) is 11.8 Å². The minimum atomic E-state index is -3.96. The van der Waals surface area contributed by atoms with Crippen LogP contribution >= 0.6 is 11.6 Å². The zero-order valence-electron chi connectivity index (χ0n) is 15.4. The Morgan fingerprint density at radius 3 is 1.93 bits per heavy atom. The van der Waals surface area contributed by atoms with E-state index in [4.69, 9.17) is 48.3 Å². The summed E-state index contributed by atoms with van der Waals surface area (Å²) in [7, 11) is -3.96. The summed E-state index contributed by atoms with van der Waals surface area (Å²) in [4.78, 5) is 21.0. The lowest BCUT2D eigenvalue weighted by atomic mass is 10.1. The molecule has 164 valence electrons. The minimum absolute atomic E-state index is 0.102. The standard InChI is InChI=1S/C9H13ClN2O4S.C8H7NO4/c10-6-4-8(12)9(5-7(6)11)16-2-1-3-17(13,14)15;9-6-2-4(7(10)11)1-5(3-6)8(12)13/h4-5H,1-3,11-12H2,(H,13,14,15);1-3H,9H2,(H,10,11)(H,12,13). The van der Waals surface area contributed by atoms with E-state index in [2.05, 4.69) is 0 Å². The highest BCUT2D eigenvalue weighted by atomic mass is 35.5. The summed E-state index contributed by atoms with van der Waals surface area (Å²) >= 11 is 5.73. The summed E-state index contributed by atoms with van der Waals surface area (Å²) in [6, 6.07) is 6.38. The molecule has 0 fully saturated rings. The lowest BCUT2D eigenvalue weighted by Crippen LogP contribution is -2.09. The Kier molecular flexibility index (Phi) is 8.71. The molecule has 11 nitrogen and oxygen atoms in total. The van der Waals surface area contributed by atoms with Crippen molar-refractivity contribution >= 4 is 50.7 Å². The first-order valence-corrected chi connectivity index (χ1v) is 10.1. The lowest BCUT2D eigenvalue weighted by Gasteiger charge is -2.10. The van der Waals surface area contributed by atoms with Crippen molar-refractivity contribution in [2.75, 3.05) is 29.6 Å². The Bertz CT molecular complexity index is 1010. The summed E-state index contributed by atoms with van der Waals surface area (Å²) in [5.41, 5.74) is 17.0. The normalized spacial score (nSPS) is 10.6. The van der Waals surface area contributed by atoms with E-state index in [0.29, 0.717) is 22.1 Å². The van der Waals surface area contributed by atoms with Crippen molar-refractivity contribution in [2.24, 2.45) is 0 Å². The zero-order chi connectivity index (χ0) is 23.1. The predicted molar refractivity (Wildman–Crippen MR) is 112 cm³/mol. The SMILES string of the molecule is Nc1cc(C(=O)O)cc(C(=O)O)c1.Nc1cc(OCCCS(=O)(=O)O)c(N)cc1Cl. The molecule has 0 aliphatic carbocycles. The quantitative estimate of drug-likeness (QED) is 0.198. The number of hydrogen-bond donors (Lipinski definition) is 6. The molecule has 0 radical (unpaired) electrons. The van der Waals surface area contributed by atoms with Crippen LogP contribution in [0.4, 0.5) is 17.1 Å². The van der Waals surface area contributed by atoms with Crippen molar-refractivity contribution in [3.8, 4) is 5.75 Å². The van der Waals surface area contributed by atoms with E-state index in [-0.39, 0.29) is 35.6 Å². The van der Waals surface area contributed by atoms with Crippen LogP contribution in [0.2, 0.25) is 5.02 Å². The maximum atomic E-state index is 10.5. The van der Waals surface area contributed by atoms with Crippen molar-refractivity contribution in [3.63, 3.8) is 0 Å². The number of carboxylic acid groups (broad SMARTS) is 2. The van der Waals surface area contributed by atoms with Gasteiger partial charge >= 0.3 is 11.9 Å². The first-order valence-electron chi connectivity index (χ1n) is 8.09. The van der Waals surface area contributed by atoms with Crippen LogP contribution in [0.3, 0.4) is 0 Å². The smallest absolute Gasteiger partial charge is 0.335 e. The van der Waals surface area contributed by atoms with Gasteiger partial charge in [-0.05, 0) is 30.7 Å². The highest BCUT2D eigenvalue weighted by Gasteiger charge is 2.10. The van der Waals surface area contributed by atoms with Crippen molar-refractivity contribution in [1.82, 2.24) is 0 Å². The molecule has 0 bridgehead atoms. The third-order valence-electron chi connectivity index (χ3n) is 3.38. The second kappa shape index (κ2) is 10.5. The van der Waals surface area contributed by atoms with Crippen molar-refractivity contribution in [3.05, 3.63) is 46.5 Å². The summed E-state index contributed by atoms with van der Waals surface area (Å²) in [6.07, 6.45) is 0.154. The number of hydrogen-bond acceptors (Lipinski definition) is 8. The Hall–Kier alpha value is -3.22. The number of nitrogens with two attached hydrogens (primary N) is 3. The van der Waals surface area contributed by atoms with Gasteiger partial charge in [0.15, 0.2) is 0 Å². The number of nitrogen functional groups attached to an aromatic ring is 3. The van der Waals surface area contributed by atoms with Gasteiger partial charge in [-0.3, -0.25) is 4.55 Å². The molecular weight excluding hydrogens is 442 g/mol. The van der Waals surface area contributed by atoms with E-state index in [9.17, 15) is 18.0 Å². The summed E-state index contributed by atoms with van der Waals surface area (Å²) in [5.74, 6) is -2.43. The van der Waals surface area contributed by atoms with E-state index >= 15 is 0 Å². The second-order valence-corrected chi connectivity index (χ2v) is 7.83. The summed E-state index contributed by atoms with van der Waals surface area (Å²) < 4.78 is 34.6. The van der Waals surface area contributed by atoms with Gasteiger partial charge in [-0.25, -0.2) is 9.59 Å². The number of rotatable bonds is 7. The van der Waals surface area contributed by atoms with Crippen LogP contribution in [0.1, 0.15) is 27.1 Å². The van der Waals surface area contributed by atoms with Crippen molar-refractivity contribution in [1.29, 1.82) is 0 Å². The Labute approximate surface area is 176 Å². The van der Waals surface area contributed by atoms with E-state index < -0.39 is 22.1 Å². The van der Waals surface area contributed by atoms with Gasteiger partial charge in [0.1, 0.15) is 5.75 Å². The fraction of sp³-hybridized carbons (Fsp3) is 0.176. The number of benzene rings is 2. The van der Waals surface area contributed by atoms with Gasteiger partial charge < -0.3 is 32.2 Å². The third-order valence-corrected chi connectivity index (χ3v) is 4.51. The average Bonchev–Trinajstić information content (AvgIpc) is 2.62. The van der Waals surface area contributed by atoms with Crippen molar-refractivity contribution < 1.29 is 37.5 Å². The van der Waals surface area contributed by atoms with Crippen LogP contribution in [0, 0.1) is 0 Å². The number of aromatic carboxylic acids is 2. The number of anilines is 3. The van der Waals surface area contributed by atoms with Gasteiger partial charge in [0.25, 0.3) is 10.1 Å². The Balaban J connectivity index is 0.000000311. The molecule has 0 aromatic heterocycles. The van der Waals surface area contributed by atoms with E-state index in [0.717, 1.165) is 6.07 Å². The van der Waals surface area contributed by atoms with E-state index in [1.807, 2.05) is 0 Å².